The van der Waals surface area contributed by atoms with E-state index in [0.717, 1.165) is 17.1 Å². The standard InChI is InChI=1S/C23H25NO2.ClH/c1-23(2,3)22(24)17-14-15-20(25-18-10-6-4-7-11-18)21(16-17)26-19-12-8-5-9-13-19;/h4-16,22H,24H2,1-3H3;1H/t22-;/m1./s1. The maximum Gasteiger partial charge on any atom is 0.170 e. The van der Waals surface area contributed by atoms with Gasteiger partial charge in [-0.3, -0.25) is 0 Å². The zero-order chi connectivity index (χ0) is 18.6. The van der Waals surface area contributed by atoms with E-state index >= 15 is 0 Å². The summed E-state index contributed by atoms with van der Waals surface area (Å²) in [6, 6.07) is 25.2. The molecule has 0 aromatic heterocycles. The molecule has 0 unspecified atom stereocenters. The molecule has 0 spiro atoms. The summed E-state index contributed by atoms with van der Waals surface area (Å²) in [6.45, 7) is 6.39. The number of hydrogen-bond donors (Lipinski definition) is 1. The first kappa shape index (κ1) is 20.8. The molecule has 0 fully saturated rings. The molecule has 3 nitrogen and oxygen atoms in total. The summed E-state index contributed by atoms with van der Waals surface area (Å²) >= 11 is 0. The van der Waals surface area contributed by atoms with Crippen LogP contribution in [-0.2, 0) is 0 Å². The van der Waals surface area contributed by atoms with E-state index in [4.69, 9.17) is 15.2 Å². The second-order valence-electron chi connectivity index (χ2n) is 7.38. The van der Waals surface area contributed by atoms with Crippen molar-refractivity contribution in [2.24, 2.45) is 11.1 Å². The largest absolute Gasteiger partial charge is 0.453 e. The third-order valence-electron chi connectivity index (χ3n) is 4.20. The van der Waals surface area contributed by atoms with E-state index in [0.29, 0.717) is 11.5 Å². The predicted octanol–water partition coefficient (Wildman–Crippen LogP) is 6.74. The molecule has 0 radical (unpaired) electrons. The second-order valence-corrected chi connectivity index (χ2v) is 7.38. The number of para-hydroxylation sites is 2. The second kappa shape index (κ2) is 8.94. The van der Waals surface area contributed by atoms with Gasteiger partial charge in [0.25, 0.3) is 0 Å². The average molecular weight is 384 g/mol. The Labute approximate surface area is 167 Å². The fourth-order valence-electron chi connectivity index (χ4n) is 2.61. The molecule has 0 bridgehead atoms. The summed E-state index contributed by atoms with van der Waals surface area (Å²) in [6.07, 6.45) is 0. The zero-order valence-electron chi connectivity index (χ0n) is 15.9. The third-order valence-corrected chi connectivity index (χ3v) is 4.20. The van der Waals surface area contributed by atoms with Gasteiger partial charge < -0.3 is 15.2 Å². The van der Waals surface area contributed by atoms with E-state index in [1.54, 1.807) is 0 Å². The number of halogens is 1. The van der Waals surface area contributed by atoms with E-state index in [1.807, 2.05) is 78.9 Å². The lowest BCUT2D eigenvalue weighted by Gasteiger charge is -2.28. The normalized spacial score (nSPS) is 12.0. The molecule has 0 aliphatic heterocycles. The minimum absolute atomic E-state index is 0. The van der Waals surface area contributed by atoms with Crippen molar-refractivity contribution in [2.75, 3.05) is 0 Å². The molecule has 2 N–H and O–H groups in total. The predicted molar refractivity (Wildman–Crippen MR) is 113 cm³/mol. The van der Waals surface area contributed by atoms with Gasteiger partial charge in [0, 0.05) is 6.04 Å². The molecule has 1 atom stereocenters. The molecule has 4 heteroatoms. The van der Waals surface area contributed by atoms with Crippen LogP contribution >= 0.6 is 12.4 Å². The highest BCUT2D eigenvalue weighted by molar-refractivity contribution is 5.85. The van der Waals surface area contributed by atoms with Gasteiger partial charge in [-0.25, -0.2) is 0 Å². The highest BCUT2D eigenvalue weighted by atomic mass is 35.5. The Balaban J connectivity index is 0.00000261. The highest BCUT2D eigenvalue weighted by Gasteiger charge is 2.23. The molecule has 0 saturated carbocycles. The summed E-state index contributed by atoms with van der Waals surface area (Å²) in [5.41, 5.74) is 7.41. The first-order chi connectivity index (χ1) is 12.4. The van der Waals surface area contributed by atoms with Crippen molar-refractivity contribution in [3.8, 4) is 23.0 Å². The van der Waals surface area contributed by atoms with Crippen molar-refractivity contribution in [1.82, 2.24) is 0 Å². The van der Waals surface area contributed by atoms with Crippen LogP contribution in [0.2, 0.25) is 0 Å². The van der Waals surface area contributed by atoms with Gasteiger partial charge in [-0.2, -0.15) is 0 Å². The molecule has 0 amide bonds. The minimum Gasteiger partial charge on any atom is -0.453 e. The molecule has 0 aliphatic rings. The van der Waals surface area contributed by atoms with Crippen LogP contribution in [0.25, 0.3) is 0 Å². The Morgan fingerprint density at radius 3 is 1.67 bits per heavy atom. The Bertz CT molecular complexity index is 845. The van der Waals surface area contributed by atoms with Crippen molar-refractivity contribution >= 4 is 12.4 Å². The summed E-state index contributed by atoms with van der Waals surface area (Å²) in [4.78, 5) is 0. The van der Waals surface area contributed by atoms with Gasteiger partial charge in [0.05, 0.1) is 0 Å². The Morgan fingerprint density at radius 2 is 1.19 bits per heavy atom. The van der Waals surface area contributed by atoms with Crippen LogP contribution in [0.5, 0.6) is 23.0 Å². The zero-order valence-corrected chi connectivity index (χ0v) is 16.7. The Hall–Kier alpha value is -2.49. The Morgan fingerprint density at radius 1 is 0.704 bits per heavy atom. The topological polar surface area (TPSA) is 44.5 Å². The molecule has 3 aromatic rings. The summed E-state index contributed by atoms with van der Waals surface area (Å²) in [7, 11) is 0. The quantitative estimate of drug-likeness (QED) is 0.530. The molecule has 0 heterocycles. The average Bonchev–Trinajstić information content (AvgIpc) is 2.63. The number of ether oxygens (including phenoxy) is 2. The molecule has 0 aliphatic carbocycles. The van der Waals surface area contributed by atoms with Crippen LogP contribution in [-0.4, -0.2) is 0 Å². The van der Waals surface area contributed by atoms with E-state index in [2.05, 4.69) is 20.8 Å². The molecule has 27 heavy (non-hydrogen) atoms. The SMILES string of the molecule is CC(C)(C)[C@H](N)c1ccc(Oc2ccccc2)c(Oc2ccccc2)c1.Cl. The van der Waals surface area contributed by atoms with Crippen molar-refractivity contribution in [2.45, 2.75) is 26.8 Å². The molecule has 3 rings (SSSR count). The lowest BCUT2D eigenvalue weighted by atomic mass is 9.83. The van der Waals surface area contributed by atoms with Crippen molar-refractivity contribution in [3.05, 3.63) is 84.4 Å². The van der Waals surface area contributed by atoms with Gasteiger partial charge in [0.2, 0.25) is 0 Å². The molecule has 0 saturated heterocycles. The van der Waals surface area contributed by atoms with Crippen molar-refractivity contribution in [1.29, 1.82) is 0 Å². The number of nitrogens with two attached hydrogens (primary N) is 1. The number of benzene rings is 3. The van der Waals surface area contributed by atoms with Crippen LogP contribution in [0, 0.1) is 5.41 Å². The summed E-state index contributed by atoms with van der Waals surface area (Å²) < 4.78 is 12.1. The minimum atomic E-state index is -0.105. The lowest BCUT2D eigenvalue weighted by Crippen LogP contribution is -2.26. The van der Waals surface area contributed by atoms with Crippen molar-refractivity contribution < 1.29 is 9.47 Å². The fraction of sp³-hybridized carbons (Fsp3) is 0.217. The lowest BCUT2D eigenvalue weighted by molar-refractivity contribution is 0.325. The molecule has 142 valence electrons. The smallest absolute Gasteiger partial charge is 0.170 e. The third kappa shape index (κ3) is 5.49. The van der Waals surface area contributed by atoms with Crippen LogP contribution < -0.4 is 15.2 Å². The van der Waals surface area contributed by atoms with Gasteiger partial charge in [0.15, 0.2) is 11.5 Å². The van der Waals surface area contributed by atoms with Crippen LogP contribution in [0.1, 0.15) is 32.4 Å². The number of rotatable bonds is 5. The van der Waals surface area contributed by atoms with E-state index in [1.165, 1.54) is 0 Å². The highest BCUT2D eigenvalue weighted by Crippen LogP contribution is 2.39. The number of hydrogen-bond acceptors (Lipinski definition) is 3. The van der Waals surface area contributed by atoms with Crippen LogP contribution in [0.4, 0.5) is 0 Å². The van der Waals surface area contributed by atoms with Gasteiger partial charge in [-0.05, 0) is 47.4 Å². The van der Waals surface area contributed by atoms with Crippen LogP contribution in [0.3, 0.4) is 0 Å². The maximum absolute atomic E-state index is 6.44. The molecular weight excluding hydrogens is 358 g/mol. The van der Waals surface area contributed by atoms with E-state index < -0.39 is 0 Å². The first-order valence-electron chi connectivity index (χ1n) is 8.79. The fourth-order valence-corrected chi connectivity index (χ4v) is 2.61. The van der Waals surface area contributed by atoms with E-state index in [9.17, 15) is 0 Å². The van der Waals surface area contributed by atoms with Crippen LogP contribution in [0.15, 0.2) is 78.9 Å². The van der Waals surface area contributed by atoms with Gasteiger partial charge in [-0.1, -0.05) is 63.2 Å². The van der Waals surface area contributed by atoms with Gasteiger partial charge >= 0.3 is 0 Å². The van der Waals surface area contributed by atoms with Crippen molar-refractivity contribution in [3.63, 3.8) is 0 Å². The summed E-state index contributed by atoms with van der Waals surface area (Å²) in [5, 5.41) is 0. The van der Waals surface area contributed by atoms with E-state index in [-0.39, 0.29) is 23.9 Å². The molecular formula is C23H26ClNO2. The Kier molecular flexibility index (Phi) is 6.89. The first-order valence-corrected chi connectivity index (χ1v) is 8.79. The maximum atomic E-state index is 6.44. The monoisotopic (exact) mass is 383 g/mol. The van der Waals surface area contributed by atoms with Gasteiger partial charge in [0.1, 0.15) is 11.5 Å². The molecule has 3 aromatic carbocycles. The summed E-state index contributed by atoms with van der Waals surface area (Å²) in [5.74, 6) is 2.83. The van der Waals surface area contributed by atoms with Gasteiger partial charge in [-0.15, -0.1) is 12.4 Å².